The third kappa shape index (κ3) is 2.00. The summed E-state index contributed by atoms with van der Waals surface area (Å²) in [4.78, 5) is 4.49. The lowest BCUT2D eigenvalue weighted by molar-refractivity contribution is 0.780. The van der Waals surface area contributed by atoms with Crippen molar-refractivity contribution in [2.45, 2.75) is 6.92 Å². The zero-order valence-corrected chi connectivity index (χ0v) is 12.1. The molecule has 104 valence electrons. The summed E-state index contributed by atoms with van der Waals surface area (Å²) in [6.07, 6.45) is 6.18. The van der Waals surface area contributed by atoms with Crippen molar-refractivity contribution in [2.75, 3.05) is 11.9 Å². The normalized spacial score (nSPS) is 13.7. The number of anilines is 1. The quantitative estimate of drug-likeness (QED) is 0.742. The van der Waals surface area contributed by atoms with Crippen LogP contribution in [0.15, 0.2) is 42.7 Å². The highest BCUT2D eigenvalue weighted by atomic mass is 15.2. The summed E-state index contributed by atoms with van der Waals surface area (Å²) in [6.45, 7) is 2.88. The molecule has 1 aliphatic heterocycles. The molecule has 0 atom stereocenters. The van der Waals surface area contributed by atoms with E-state index in [1.807, 2.05) is 17.9 Å². The van der Waals surface area contributed by atoms with Crippen molar-refractivity contribution >= 4 is 22.3 Å². The Hall–Kier alpha value is -2.62. The van der Waals surface area contributed by atoms with Crippen molar-refractivity contribution < 1.29 is 0 Å². The monoisotopic (exact) mass is 276 g/mol. The molecule has 0 aliphatic carbocycles. The molecule has 0 fully saturated rings. The second kappa shape index (κ2) is 4.45. The highest BCUT2D eigenvalue weighted by Crippen LogP contribution is 2.32. The van der Waals surface area contributed by atoms with Crippen molar-refractivity contribution in [3.63, 3.8) is 0 Å². The van der Waals surface area contributed by atoms with Gasteiger partial charge in [0.15, 0.2) is 0 Å². The van der Waals surface area contributed by atoms with Gasteiger partial charge in [-0.05, 0) is 41.8 Å². The topological polar surface area (TPSA) is 42.7 Å². The smallest absolute Gasteiger partial charge is 0.134 e. The Kier molecular flexibility index (Phi) is 2.57. The lowest BCUT2D eigenvalue weighted by atomic mass is 9.94. The van der Waals surface area contributed by atoms with Crippen LogP contribution < -0.4 is 5.32 Å². The Bertz CT molecular complexity index is 874. The minimum Gasteiger partial charge on any atom is -0.366 e. The molecule has 4 heteroatoms. The van der Waals surface area contributed by atoms with Gasteiger partial charge in [0, 0.05) is 36.9 Å². The van der Waals surface area contributed by atoms with E-state index in [4.69, 9.17) is 0 Å². The Labute approximate surface area is 123 Å². The first kappa shape index (κ1) is 12.1. The van der Waals surface area contributed by atoms with Crippen LogP contribution in [-0.2, 0) is 7.05 Å². The van der Waals surface area contributed by atoms with E-state index in [9.17, 15) is 0 Å². The van der Waals surface area contributed by atoms with Crippen LogP contribution in [0.2, 0.25) is 0 Å². The van der Waals surface area contributed by atoms with Crippen LogP contribution in [0.25, 0.3) is 16.5 Å². The van der Waals surface area contributed by atoms with Crippen molar-refractivity contribution in [1.29, 1.82) is 0 Å². The number of nitrogens with zero attached hydrogens (tertiary/aromatic N) is 3. The summed E-state index contributed by atoms with van der Waals surface area (Å²) in [5.74, 6) is 0.962. The van der Waals surface area contributed by atoms with Crippen LogP contribution in [0.1, 0.15) is 16.7 Å². The fourth-order valence-electron chi connectivity index (χ4n) is 2.87. The largest absolute Gasteiger partial charge is 0.366 e. The second-order valence-electron chi connectivity index (χ2n) is 5.48. The Morgan fingerprint density at radius 3 is 3.05 bits per heavy atom. The first-order chi connectivity index (χ1) is 10.2. The van der Waals surface area contributed by atoms with Gasteiger partial charge in [0.2, 0.25) is 0 Å². The number of rotatable bonds is 1. The number of fused-ring (bicyclic) bond motifs is 2. The predicted octanol–water partition coefficient (Wildman–Crippen LogP) is 3.13. The lowest BCUT2D eigenvalue weighted by Gasteiger charge is -2.19. The summed E-state index contributed by atoms with van der Waals surface area (Å²) in [6, 6.07) is 8.61. The molecule has 0 saturated carbocycles. The zero-order valence-electron chi connectivity index (χ0n) is 12.1. The highest BCUT2D eigenvalue weighted by Gasteiger charge is 2.15. The van der Waals surface area contributed by atoms with Crippen LogP contribution in [0.5, 0.6) is 0 Å². The molecule has 21 heavy (non-hydrogen) atoms. The summed E-state index contributed by atoms with van der Waals surface area (Å²) in [7, 11) is 1.95. The molecule has 0 saturated heterocycles. The van der Waals surface area contributed by atoms with Gasteiger partial charge >= 0.3 is 0 Å². The van der Waals surface area contributed by atoms with Gasteiger partial charge < -0.3 is 5.32 Å². The maximum atomic E-state index is 4.49. The standard InChI is InChI=1S/C17H16N4/c1-11-7-15-14(5-6-18-17(15)19-9-11)12-3-4-16-13(8-12)10-21(2)20-16/h3-5,7-10H,6H2,1-2H3,(H,18,19). The van der Waals surface area contributed by atoms with Gasteiger partial charge in [0.05, 0.1) is 5.52 Å². The van der Waals surface area contributed by atoms with E-state index in [2.05, 4.69) is 58.9 Å². The van der Waals surface area contributed by atoms with Gasteiger partial charge in [-0.15, -0.1) is 0 Å². The first-order valence-electron chi connectivity index (χ1n) is 7.05. The molecule has 3 aromatic rings. The van der Waals surface area contributed by atoms with Gasteiger partial charge in [-0.3, -0.25) is 4.68 Å². The maximum absolute atomic E-state index is 4.49. The van der Waals surface area contributed by atoms with Crippen LogP contribution in [0.3, 0.4) is 0 Å². The lowest BCUT2D eigenvalue weighted by Crippen LogP contribution is -2.10. The Morgan fingerprint density at radius 2 is 2.14 bits per heavy atom. The second-order valence-corrected chi connectivity index (χ2v) is 5.48. The van der Waals surface area contributed by atoms with Gasteiger partial charge in [-0.1, -0.05) is 12.1 Å². The number of aromatic nitrogens is 3. The Morgan fingerprint density at radius 1 is 1.24 bits per heavy atom. The van der Waals surface area contributed by atoms with Crippen LogP contribution >= 0.6 is 0 Å². The van der Waals surface area contributed by atoms with E-state index in [1.165, 1.54) is 22.3 Å². The highest BCUT2D eigenvalue weighted by molar-refractivity contribution is 5.91. The number of hydrogen-bond donors (Lipinski definition) is 1. The molecule has 4 nitrogen and oxygen atoms in total. The third-order valence-corrected chi connectivity index (χ3v) is 3.82. The minimum absolute atomic E-state index is 0.809. The van der Waals surface area contributed by atoms with Crippen LogP contribution in [0.4, 0.5) is 5.82 Å². The van der Waals surface area contributed by atoms with Gasteiger partial charge in [0.1, 0.15) is 5.82 Å². The first-order valence-corrected chi connectivity index (χ1v) is 7.05. The average molecular weight is 276 g/mol. The van der Waals surface area contributed by atoms with Gasteiger partial charge in [-0.2, -0.15) is 5.10 Å². The van der Waals surface area contributed by atoms with Crippen molar-refractivity contribution in [3.8, 4) is 0 Å². The van der Waals surface area contributed by atoms with Crippen LogP contribution in [0, 0.1) is 6.92 Å². The predicted molar refractivity (Wildman–Crippen MR) is 85.3 cm³/mol. The summed E-state index contributed by atoms with van der Waals surface area (Å²) < 4.78 is 1.85. The number of hydrogen-bond acceptors (Lipinski definition) is 3. The fraction of sp³-hybridized carbons (Fsp3) is 0.176. The molecule has 4 rings (SSSR count). The van der Waals surface area contributed by atoms with Crippen molar-refractivity contribution in [3.05, 3.63) is 59.4 Å². The van der Waals surface area contributed by atoms with Crippen LogP contribution in [-0.4, -0.2) is 21.3 Å². The molecule has 3 heterocycles. The van der Waals surface area contributed by atoms with E-state index in [1.54, 1.807) is 0 Å². The molecule has 0 radical (unpaired) electrons. The molecule has 1 N–H and O–H groups in total. The fourth-order valence-corrected chi connectivity index (χ4v) is 2.87. The summed E-state index contributed by atoms with van der Waals surface area (Å²) in [5.41, 5.74) is 5.82. The van der Waals surface area contributed by atoms with E-state index in [0.29, 0.717) is 0 Å². The molecular weight excluding hydrogens is 260 g/mol. The van der Waals surface area contributed by atoms with E-state index in [0.717, 1.165) is 23.3 Å². The molecule has 0 spiro atoms. The van der Waals surface area contributed by atoms with Gasteiger partial charge in [0.25, 0.3) is 0 Å². The molecule has 0 amide bonds. The molecule has 1 aliphatic rings. The average Bonchev–Trinajstić information content (AvgIpc) is 2.85. The zero-order chi connectivity index (χ0) is 14.4. The SMILES string of the molecule is Cc1cnc2c(c1)C(c1ccc3nn(C)cc3c1)=CCN2. The summed E-state index contributed by atoms with van der Waals surface area (Å²) >= 11 is 0. The number of aryl methyl sites for hydroxylation is 2. The maximum Gasteiger partial charge on any atom is 0.134 e. The van der Waals surface area contributed by atoms with Gasteiger partial charge in [-0.25, -0.2) is 4.98 Å². The van der Waals surface area contributed by atoms with E-state index >= 15 is 0 Å². The molecule has 2 aromatic heterocycles. The molecular formula is C17H16N4. The number of nitrogens with one attached hydrogen (secondary N) is 1. The number of benzene rings is 1. The summed E-state index contributed by atoms with van der Waals surface area (Å²) in [5, 5.41) is 8.92. The van der Waals surface area contributed by atoms with E-state index in [-0.39, 0.29) is 0 Å². The van der Waals surface area contributed by atoms with Crippen molar-refractivity contribution in [1.82, 2.24) is 14.8 Å². The Balaban J connectivity index is 1.88. The number of pyridine rings is 1. The molecule has 0 bridgehead atoms. The molecule has 0 unspecified atom stereocenters. The van der Waals surface area contributed by atoms with Crippen molar-refractivity contribution in [2.24, 2.45) is 7.05 Å². The minimum atomic E-state index is 0.809. The molecule has 1 aromatic carbocycles. The van der Waals surface area contributed by atoms with E-state index < -0.39 is 0 Å². The third-order valence-electron chi connectivity index (χ3n) is 3.82.